The predicted octanol–water partition coefficient (Wildman–Crippen LogP) is 2.02. The molecule has 1 N–H and O–H groups in total. The number of pyridine rings is 1. The standard InChI is InChI=1S/C19H21N5O2/c1-23(2)13-18(25)21-20-12-16-17-6-4-5-11-24(17)22-19(16)14-7-9-15(26-3)10-8-14/h4-12H,13H2,1-3H3,(H,21,25). The minimum atomic E-state index is -0.172. The van der Waals surface area contributed by atoms with Crippen LogP contribution in [0.15, 0.2) is 53.8 Å². The second kappa shape index (κ2) is 7.79. The Balaban J connectivity index is 1.95. The summed E-state index contributed by atoms with van der Waals surface area (Å²) in [7, 11) is 5.29. The van der Waals surface area contributed by atoms with E-state index in [0.29, 0.717) is 0 Å². The van der Waals surface area contributed by atoms with Crippen molar-refractivity contribution in [2.75, 3.05) is 27.7 Å². The molecule has 1 aromatic carbocycles. The normalized spacial score (nSPS) is 11.4. The van der Waals surface area contributed by atoms with Crippen molar-refractivity contribution in [1.82, 2.24) is 19.9 Å². The van der Waals surface area contributed by atoms with Crippen LogP contribution < -0.4 is 10.2 Å². The maximum absolute atomic E-state index is 11.8. The molecule has 0 aliphatic carbocycles. The van der Waals surface area contributed by atoms with Crippen molar-refractivity contribution in [3.63, 3.8) is 0 Å². The lowest BCUT2D eigenvalue weighted by Gasteiger charge is -2.06. The highest BCUT2D eigenvalue weighted by Gasteiger charge is 2.13. The average Bonchev–Trinajstić information content (AvgIpc) is 3.00. The molecule has 0 fully saturated rings. The van der Waals surface area contributed by atoms with Gasteiger partial charge in [0.15, 0.2) is 0 Å². The Morgan fingerprint density at radius 1 is 1.27 bits per heavy atom. The highest BCUT2D eigenvalue weighted by Crippen LogP contribution is 2.26. The van der Waals surface area contributed by atoms with Crippen LogP contribution in [0.4, 0.5) is 0 Å². The zero-order valence-electron chi connectivity index (χ0n) is 15.0. The number of amides is 1. The van der Waals surface area contributed by atoms with Crippen molar-refractivity contribution < 1.29 is 9.53 Å². The molecule has 0 aliphatic heterocycles. The fraction of sp³-hybridized carbons (Fsp3) is 0.211. The molecule has 26 heavy (non-hydrogen) atoms. The summed E-state index contributed by atoms with van der Waals surface area (Å²) in [4.78, 5) is 13.6. The number of rotatable bonds is 6. The Labute approximate surface area is 151 Å². The molecule has 0 atom stereocenters. The summed E-state index contributed by atoms with van der Waals surface area (Å²) in [6.45, 7) is 0.275. The lowest BCUT2D eigenvalue weighted by molar-refractivity contribution is -0.121. The summed E-state index contributed by atoms with van der Waals surface area (Å²) in [6, 6.07) is 13.5. The summed E-state index contributed by atoms with van der Waals surface area (Å²) >= 11 is 0. The van der Waals surface area contributed by atoms with E-state index in [0.717, 1.165) is 28.1 Å². The number of nitrogens with zero attached hydrogens (tertiary/aromatic N) is 4. The lowest BCUT2D eigenvalue weighted by atomic mass is 10.1. The minimum Gasteiger partial charge on any atom is -0.497 e. The Morgan fingerprint density at radius 3 is 2.73 bits per heavy atom. The Morgan fingerprint density at radius 2 is 2.04 bits per heavy atom. The molecule has 0 radical (unpaired) electrons. The number of aromatic nitrogens is 2. The minimum absolute atomic E-state index is 0.172. The summed E-state index contributed by atoms with van der Waals surface area (Å²) < 4.78 is 7.01. The maximum atomic E-state index is 11.8. The molecule has 0 saturated heterocycles. The maximum Gasteiger partial charge on any atom is 0.254 e. The van der Waals surface area contributed by atoms with Gasteiger partial charge in [0.2, 0.25) is 0 Å². The van der Waals surface area contributed by atoms with E-state index in [1.807, 2.05) is 62.8 Å². The number of ether oxygens (including phenoxy) is 1. The van der Waals surface area contributed by atoms with E-state index in [-0.39, 0.29) is 12.5 Å². The van der Waals surface area contributed by atoms with E-state index in [4.69, 9.17) is 4.74 Å². The van der Waals surface area contributed by atoms with Crippen LogP contribution in [0.2, 0.25) is 0 Å². The van der Waals surface area contributed by atoms with Crippen LogP contribution in [0.1, 0.15) is 5.56 Å². The molecule has 0 spiro atoms. The van der Waals surface area contributed by atoms with E-state index >= 15 is 0 Å². The molecule has 134 valence electrons. The number of nitrogens with one attached hydrogen (secondary N) is 1. The third kappa shape index (κ3) is 3.89. The Kier molecular flexibility index (Phi) is 5.28. The van der Waals surface area contributed by atoms with Crippen LogP contribution in [-0.4, -0.2) is 54.4 Å². The average molecular weight is 351 g/mol. The zero-order chi connectivity index (χ0) is 18.5. The molecule has 0 unspecified atom stereocenters. The molecular weight excluding hydrogens is 330 g/mol. The summed E-state index contributed by atoms with van der Waals surface area (Å²) in [5.41, 5.74) is 6.01. The van der Waals surface area contributed by atoms with Gasteiger partial charge in [0.1, 0.15) is 11.4 Å². The first-order chi connectivity index (χ1) is 12.6. The van der Waals surface area contributed by atoms with Crippen LogP contribution >= 0.6 is 0 Å². The molecule has 1 amide bonds. The SMILES string of the molecule is COc1ccc(-c2nn3ccccc3c2C=NNC(=O)CN(C)C)cc1. The number of carbonyl (C=O) groups excluding carboxylic acids is 1. The van der Waals surface area contributed by atoms with Crippen molar-refractivity contribution in [3.05, 3.63) is 54.2 Å². The van der Waals surface area contributed by atoms with E-state index in [9.17, 15) is 4.79 Å². The second-order valence-corrected chi connectivity index (χ2v) is 6.05. The molecule has 2 aromatic heterocycles. The number of carbonyl (C=O) groups is 1. The number of hydrazone groups is 1. The number of hydrogen-bond donors (Lipinski definition) is 1. The van der Waals surface area contributed by atoms with Crippen molar-refractivity contribution in [2.24, 2.45) is 5.10 Å². The van der Waals surface area contributed by atoms with Crippen molar-refractivity contribution >= 4 is 17.6 Å². The van der Waals surface area contributed by atoms with E-state index in [1.54, 1.807) is 22.7 Å². The van der Waals surface area contributed by atoms with Gasteiger partial charge in [-0.15, -0.1) is 0 Å². The van der Waals surface area contributed by atoms with Gasteiger partial charge < -0.3 is 9.64 Å². The highest BCUT2D eigenvalue weighted by molar-refractivity contribution is 5.97. The van der Waals surface area contributed by atoms with Crippen molar-refractivity contribution in [1.29, 1.82) is 0 Å². The first-order valence-corrected chi connectivity index (χ1v) is 8.17. The van der Waals surface area contributed by atoms with Gasteiger partial charge in [-0.2, -0.15) is 10.2 Å². The van der Waals surface area contributed by atoms with Gasteiger partial charge in [0.25, 0.3) is 5.91 Å². The van der Waals surface area contributed by atoms with E-state index < -0.39 is 0 Å². The Bertz CT molecular complexity index is 929. The number of fused-ring (bicyclic) bond motifs is 1. The summed E-state index contributed by atoms with van der Waals surface area (Å²) in [5.74, 6) is 0.609. The van der Waals surface area contributed by atoms with E-state index in [2.05, 4.69) is 15.6 Å². The smallest absolute Gasteiger partial charge is 0.254 e. The van der Waals surface area contributed by atoms with Crippen LogP contribution in [0.5, 0.6) is 5.75 Å². The third-order valence-electron chi connectivity index (χ3n) is 3.78. The molecule has 0 bridgehead atoms. The van der Waals surface area contributed by atoms with E-state index in [1.165, 1.54) is 0 Å². The van der Waals surface area contributed by atoms with Crippen LogP contribution in [0.25, 0.3) is 16.8 Å². The Hall–Kier alpha value is -3.19. The predicted molar refractivity (Wildman–Crippen MR) is 101 cm³/mol. The second-order valence-electron chi connectivity index (χ2n) is 6.05. The van der Waals surface area contributed by atoms with Gasteiger partial charge >= 0.3 is 0 Å². The molecule has 3 rings (SSSR count). The third-order valence-corrected chi connectivity index (χ3v) is 3.78. The largest absolute Gasteiger partial charge is 0.497 e. The van der Waals surface area contributed by atoms with Gasteiger partial charge in [-0.05, 0) is 50.5 Å². The molecule has 0 aliphatic rings. The molecule has 3 aromatic rings. The zero-order valence-corrected chi connectivity index (χ0v) is 15.0. The highest BCUT2D eigenvalue weighted by atomic mass is 16.5. The fourth-order valence-corrected chi connectivity index (χ4v) is 2.60. The number of benzene rings is 1. The van der Waals surface area contributed by atoms with Gasteiger partial charge in [-0.25, -0.2) is 9.94 Å². The molecule has 2 heterocycles. The first-order valence-electron chi connectivity index (χ1n) is 8.17. The van der Waals surface area contributed by atoms with Crippen molar-refractivity contribution in [2.45, 2.75) is 0 Å². The van der Waals surface area contributed by atoms with Crippen LogP contribution in [0, 0.1) is 0 Å². The van der Waals surface area contributed by atoms with Gasteiger partial charge in [-0.1, -0.05) is 6.07 Å². The molecule has 7 heteroatoms. The fourth-order valence-electron chi connectivity index (χ4n) is 2.60. The quantitative estimate of drug-likeness (QED) is 0.545. The number of methoxy groups -OCH3 is 1. The van der Waals surface area contributed by atoms with Crippen LogP contribution in [0.3, 0.4) is 0 Å². The molecule has 7 nitrogen and oxygen atoms in total. The van der Waals surface area contributed by atoms with Gasteiger partial charge in [-0.3, -0.25) is 4.79 Å². The lowest BCUT2D eigenvalue weighted by Crippen LogP contribution is -2.30. The van der Waals surface area contributed by atoms with Gasteiger partial charge in [0.05, 0.1) is 25.4 Å². The van der Waals surface area contributed by atoms with Gasteiger partial charge in [0, 0.05) is 17.3 Å². The van der Waals surface area contributed by atoms with Crippen LogP contribution in [-0.2, 0) is 4.79 Å². The topological polar surface area (TPSA) is 71.2 Å². The number of likely N-dealkylation sites (N-methyl/N-ethyl adjacent to an activating group) is 1. The number of hydrogen-bond acceptors (Lipinski definition) is 5. The molecular formula is C19H21N5O2. The first kappa shape index (κ1) is 17.6. The monoisotopic (exact) mass is 351 g/mol. The summed E-state index contributed by atoms with van der Waals surface area (Å²) in [5, 5.41) is 8.76. The van der Waals surface area contributed by atoms with Crippen molar-refractivity contribution in [3.8, 4) is 17.0 Å². The summed E-state index contributed by atoms with van der Waals surface area (Å²) in [6.07, 6.45) is 3.51. The molecule has 0 saturated carbocycles.